The summed E-state index contributed by atoms with van der Waals surface area (Å²) in [5, 5.41) is 17.6. The fraction of sp³-hybridized carbons (Fsp3) is 0.778. The molecule has 0 saturated carbocycles. The van der Waals surface area contributed by atoms with Crippen LogP contribution in [-0.4, -0.2) is 103 Å². The summed E-state index contributed by atoms with van der Waals surface area (Å²) in [4.78, 5) is 28.3. The van der Waals surface area contributed by atoms with Crippen LogP contribution in [0.5, 0.6) is 0 Å². The molecular formula is C18H30N2O6S4. The van der Waals surface area contributed by atoms with E-state index in [0.717, 1.165) is 0 Å². The highest BCUT2D eigenvalue weighted by molar-refractivity contribution is 8.24. The zero-order valence-electron chi connectivity index (χ0n) is 17.7. The van der Waals surface area contributed by atoms with E-state index >= 15 is 0 Å². The van der Waals surface area contributed by atoms with Gasteiger partial charge in [-0.3, -0.25) is 9.59 Å². The van der Waals surface area contributed by atoms with Crippen molar-refractivity contribution >= 4 is 68.5 Å². The van der Waals surface area contributed by atoms with E-state index in [2.05, 4.69) is 0 Å². The van der Waals surface area contributed by atoms with Gasteiger partial charge in [-0.25, -0.2) is 0 Å². The molecule has 0 bridgehead atoms. The molecule has 1 fully saturated rings. The molecule has 0 unspecified atom stereocenters. The zero-order valence-corrected chi connectivity index (χ0v) is 21.0. The summed E-state index contributed by atoms with van der Waals surface area (Å²) in [6.07, 6.45) is 0. The van der Waals surface area contributed by atoms with Gasteiger partial charge in [-0.1, -0.05) is 48.0 Å². The van der Waals surface area contributed by atoms with Crippen molar-refractivity contribution < 1.29 is 29.3 Å². The molecule has 1 rings (SSSR count). The topological polar surface area (TPSA) is 99.5 Å². The van der Waals surface area contributed by atoms with Crippen molar-refractivity contribution in [1.29, 1.82) is 0 Å². The van der Waals surface area contributed by atoms with Crippen LogP contribution in [0.15, 0.2) is 0 Å². The van der Waals surface area contributed by atoms with Gasteiger partial charge in [0.2, 0.25) is 0 Å². The quantitative estimate of drug-likeness (QED) is 0.372. The first-order valence-corrected chi connectivity index (χ1v) is 11.9. The molecule has 0 spiro atoms. The summed E-state index contributed by atoms with van der Waals surface area (Å²) in [5.41, 5.74) is 0. The Morgan fingerprint density at radius 1 is 0.800 bits per heavy atom. The van der Waals surface area contributed by atoms with Crippen molar-refractivity contribution in [3.63, 3.8) is 0 Å². The van der Waals surface area contributed by atoms with E-state index in [1.54, 1.807) is 27.7 Å². The first-order chi connectivity index (χ1) is 13.9. The number of carbonyl (C=O) groups is 2. The van der Waals surface area contributed by atoms with Crippen LogP contribution in [0.25, 0.3) is 0 Å². The summed E-state index contributed by atoms with van der Waals surface area (Å²) in [7, 11) is 0. The molecule has 8 nitrogen and oxygen atoms in total. The van der Waals surface area contributed by atoms with Crippen molar-refractivity contribution in [2.24, 2.45) is 0 Å². The lowest BCUT2D eigenvalue weighted by atomic mass is 10.2. The van der Waals surface area contributed by atoms with E-state index in [1.165, 1.54) is 23.5 Å². The van der Waals surface area contributed by atoms with Gasteiger partial charge in [0.15, 0.2) is 0 Å². The molecule has 0 aromatic rings. The van der Waals surface area contributed by atoms with E-state index < -0.39 is 21.4 Å². The third-order valence-electron chi connectivity index (χ3n) is 4.11. The average Bonchev–Trinajstić information content (AvgIpc) is 2.69. The number of aliphatic hydroxyl groups is 2. The monoisotopic (exact) mass is 498 g/mol. The van der Waals surface area contributed by atoms with E-state index in [4.69, 9.17) is 44.1 Å². The van der Waals surface area contributed by atoms with Crippen LogP contribution in [0, 0.1) is 0 Å². The number of nitrogens with zero attached hydrogens (tertiary/aromatic N) is 2. The molecule has 0 aromatic carbocycles. The first-order valence-electron chi connectivity index (χ1n) is 9.46. The number of aliphatic hydroxyl groups excluding tert-OH is 2. The second kappa shape index (κ2) is 12.4. The molecule has 30 heavy (non-hydrogen) atoms. The van der Waals surface area contributed by atoms with Gasteiger partial charge < -0.3 is 29.5 Å². The third kappa shape index (κ3) is 8.46. The fourth-order valence-corrected chi connectivity index (χ4v) is 5.74. The Morgan fingerprint density at radius 3 is 1.37 bits per heavy atom. The molecule has 1 saturated heterocycles. The number of hydrogen-bond acceptors (Lipinski definition) is 10. The fourth-order valence-electron chi connectivity index (χ4n) is 2.34. The number of carbonyl (C=O) groups excluding carboxylic acids is 2. The van der Waals surface area contributed by atoms with E-state index in [9.17, 15) is 9.59 Å². The van der Waals surface area contributed by atoms with E-state index in [0.29, 0.717) is 34.8 Å². The molecule has 1 heterocycles. The second-order valence-electron chi connectivity index (χ2n) is 7.45. The van der Waals surface area contributed by atoms with Crippen molar-refractivity contribution in [3.8, 4) is 0 Å². The number of piperazine rings is 1. The second-order valence-corrected chi connectivity index (χ2v) is 12.0. The van der Waals surface area contributed by atoms with Crippen LogP contribution in [0.4, 0.5) is 0 Å². The molecule has 172 valence electrons. The van der Waals surface area contributed by atoms with Crippen LogP contribution in [-0.2, 0) is 19.1 Å². The Hall–Kier alpha value is -0.660. The molecule has 0 atom stereocenters. The molecule has 12 heteroatoms. The van der Waals surface area contributed by atoms with Gasteiger partial charge in [-0.15, -0.1) is 0 Å². The van der Waals surface area contributed by atoms with Gasteiger partial charge in [0.05, 0.1) is 13.2 Å². The van der Waals surface area contributed by atoms with Crippen LogP contribution in [0.1, 0.15) is 27.7 Å². The molecular weight excluding hydrogens is 468 g/mol. The van der Waals surface area contributed by atoms with E-state index in [-0.39, 0.29) is 26.4 Å². The van der Waals surface area contributed by atoms with Crippen LogP contribution < -0.4 is 0 Å². The maximum atomic E-state index is 12.1. The largest absolute Gasteiger partial charge is 0.462 e. The van der Waals surface area contributed by atoms with Crippen molar-refractivity contribution in [2.45, 2.75) is 37.2 Å². The number of rotatable bonds is 8. The minimum absolute atomic E-state index is 0.0345. The first kappa shape index (κ1) is 27.4. The normalized spacial score (nSPS) is 15.0. The Bertz CT molecular complexity index is 582. The lowest BCUT2D eigenvalue weighted by Gasteiger charge is -2.39. The molecule has 0 amide bonds. The minimum atomic E-state index is -0.854. The van der Waals surface area contributed by atoms with Gasteiger partial charge in [-0.2, -0.15) is 0 Å². The Kier molecular flexibility index (Phi) is 11.3. The molecule has 0 aliphatic carbocycles. The maximum absolute atomic E-state index is 12.1. The predicted octanol–water partition coefficient (Wildman–Crippen LogP) is 1.27. The smallest absolute Gasteiger partial charge is 0.322 e. The van der Waals surface area contributed by atoms with Crippen LogP contribution in [0.2, 0.25) is 0 Å². The molecule has 1 aliphatic rings. The summed E-state index contributed by atoms with van der Waals surface area (Å²) >= 11 is 13.6. The van der Waals surface area contributed by atoms with Crippen molar-refractivity contribution in [2.75, 3.05) is 52.6 Å². The summed E-state index contributed by atoms with van der Waals surface area (Å²) in [5.74, 6) is -0.842. The molecule has 0 radical (unpaired) electrons. The summed E-state index contributed by atoms with van der Waals surface area (Å²) in [6, 6.07) is 0. The van der Waals surface area contributed by atoms with E-state index in [1.807, 2.05) is 9.80 Å². The van der Waals surface area contributed by atoms with Gasteiger partial charge in [0, 0.05) is 26.2 Å². The number of thiocarbonyl (C=S) groups is 2. The lowest BCUT2D eigenvalue weighted by Crippen LogP contribution is -2.50. The SMILES string of the molecule is CC(C)(SC(=S)N1CCN(C(=S)SC(C)(C)C(=O)OCCO)CC1)C(=O)OCCO. The van der Waals surface area contributed by atoms with Crippen LogP contribution in [0.3, 0.4) is 0 Å². The summed E-state index contributed by atoms with van der Waals surface area (Å²) in [6.45, 7) is 9.03. The number of hydrogen-bond donors (Lipinski definition) is 2. The third-order valence-corrected chi connectivity index (χ3v) is 7.35. The highest BCUT2D eigenvalue weighted by Gasteiger charge is 2.36. The lowest BCUT2D eigenvalue weighted by molar-refractivity contribution is -0.147. The molecule has 0 aromatic heterocycles. The van der Waals surface area contributed by atoms with Gasteiger partial charge in [-0.05, 0) is 27.7 Å². The Morgan fingerprint density at radius 2 is 1.10 bits per heavy atom. The standard InChI is InChI=1S/C18H30N2O6S4/c1-17(2,13(23)25-11-9-21)29-15(27)19-5-7-20(8-6-19)16(28)30-18(3,4)14(24)26-12-10-22/h21-22H,5-12H2,1-4H3. The highest BCUT2D eigenvalue weighted by Crippen LogP contribution is 2.31. The van der Waals surface area contributed by atoms with Gasteiger partial charge in [0.1, 0.15) is 31.3 Å². The highest BCUT2D eigenvalue weighted by atomic mass is 32.2. The maximum Gasteiger partial charge on any atom is 0.322 e. The van der Waals surface area contributed by atoms with Gasteiger partial charge >= 0.3 is 11.9 Å². The molecule has 1 aliphatic heterocycles. The zero-order chi connectivity index (χ0) is 22.9. The van der Waals surface area contributed by atoms with Crippen molar-refractivity contribution in [3.05, 3.63) is 0 Å². The minimum Gasteiger partial charge on any atom is -0.462 e. The van der Waals surface area contributed by atoms with Crippen LogP contribution >= 0.6 is 48.0 Å². The van der Waals surface area contributed by atoms with Gasteiger partial charge in [0.25, 0.3) is 0 Å². The number of ether oxygens (including phenoxy) is 2. The Balaban J connectivity index is 2.53. The summed E-state index contributed by atoms with van der Waals surface area (Å²) < 4.78 is 9.53. The average molecular weight is 499 g/mol. The number of esters is 2. The Labute approximate surface area is 197 Å². The number of thioether (sulfide) groups is 2. The predicted molar refractivity (Wildman–Crippen MR) is 128 cm³/mol. The van der Waals surface area contributed by atoms with Crippen molar-refractivity contribution in [1.82, 2.24) is 9.80 Å². The molecule has 2 N–H and O–H groups in total.